The highest BCUT2D eigenvalue weighted by atomic mass is 16.7. The first-order valence-electron chi connectivity index (χ1n) is 12.0. The van der Waals surface area contributed by atoms with E-state index in [4.69, 9.17) is 14.2 Å². The Kier molecular flexibility index (Phi) is 6.63. The van der Waals surface area contributed by atoms with Gasteiger partial charge >= 0.3 is 0 Å². The second kappa shape index (κ2) is 10.1. The molecular weight excluding hydrogens is 410 g/mol. The molecule has 4 nitrogen and oxygen atoms in total. The quantitative estimate of drug-likeness (QED) is 0.386. The maximum Gasteiger partial charge on any atom is 0.231 e. The van der Waals surface area contributed by atoms with E-state index in [1.165, 1.54) is 48.2 Å². The van der Waals surface area contributed by atoms with E-state index in [-0.39, 0.29) is 6.79 Å². The molecule has 2 heterocycles. The van der Waals surface area contributed by atoms with Gasteiger partial charge in [-0.2, -0.15) is 0 Å². The summed E-state index contributed by atoms with van der Waals surface area (Å²) < 4.78 is 17.2. The van der Waals surface area contributed by atoms with Gasteiger partial charge in [0.05, 0.1) is 0 Å². The van der Waals surface area contributed by atoms with Crippen molar-refractivity contribution in [3.05, 3.63) is 89.5 Å². The number of hydrogen-bond acceptors (Lipinski definition) is 4. The molecule has 0 aromatic heterocycles. The van der Waals surface area contributed by atoms with Gasteiger partial charge in [0.1, 0.15) is 12.4 Å². The summed E-state index contributed by atoms with van der Waals surface area (Å²) in [6, 6.07) is 25.4. The van der Waals surface area contributed by atoms with E-state index in [0.717, 1.165) is 42.4 Å². The standard InChI is InChI=1S/C29H31NO3/c1-2-26(24-12-15-27-28(20-24)33-21-32-27)29(22-8-4-3-5-9-22)23-10-13-25(14-11-23)31-19-18-30-16-6-7-17-30/h3-5,8-15,20H,2,6-7,16-19,21H2,1H3. The van der Waals surface area contributed by atoms with Gasteiger partial charge in [-0.1, -0.05) is 55.5 Å². The highest BCUT2D eigenvalue weighted by molar-refractivity contribution is 5.98. The molecule has 3 aromatic carbocycles. The van der Waals surface area contributed by atoms with E-state index in [2.05, 4.69) is 78.6 Å². The molecule has 1 fully saturated rings. The highest BCUT2D eigenvalue weighted by Gasteiger charge is 2.18. The zero-order valence-corrected chi connectivity index (χ0v) is 19.3. The molecule has 2 aliphatic rings. The lowest BCUT2D eigenvalue weighted by Gasteiger charge is -2.18. The van der Waals surface area contributed by atoms with Crippen LogP contribution in [0.2, 0.25) is 0 Å². The highest BCUT2D eigenvalue weighted by Crippen LogP contribution is 2.39. The Balaban J connectivity index is 1.45. The fraction of sp³-hybridized carbons (Fsp3) is 0.310. The van der Waals surface area contributed by atoms with Crippen molar-refractivity contribution < 1.29 is 14.2 Å². The van der Waals surface area contributed by atoms with Crippen molar-refractivity contribution in [2.24, 2.45) is 0 Å². The molecule has 0 amide bonds. The number of allylic oxidation sites excluding steroid dienone is 1. The molecule has 0 N–H and O–H groups in total. The average Bonchev–Trinajstić information content (AvgIpc) is 3.55. The SMILES string of the molecule is CCC(=C(c1ccccc1)c1ccc(OCCN2CCCC2)cc1)c1ccc2c(c1)OCO2. The molecule has 0 radical (unpaired) electrons. The number of ether oxygens (including phenoxy) is 3. The zero-order valence-electron chi connectivity index (χ0n) is 19.3. The molecule has 3 aromatic rings. The van der Waals surface area contributed by atoms with Gasteiger partial charge in [-0.05, 0) is 84.5 Å². The van der Waals surface area contributed by atoms with Crippen molar-refractivity contribution >= 4 is 11.1 Å². The summed E-state index contributed by atoms with van der Waals surface area (Å²) in [5, 5.41) is 0. The van der Waals surface area contributed by atoms with Gasteiger partial charge in [-0.15, -0.1) is 0 Å². The molecule has 4 heteroatoms. The van der Waals surface area contributed by atoms with Crippen LogP contribution in [-0.4, -0.2) is 37.9 Å². The minimum atomic E-state index is 0.286. The summed E-state index contributed by atoms with van der Waals surface area (Å²) in [4.78, 5) is 2.48. The third kappa shape index (κ3) is 4.91. The summed E-state index contributed by atoms with van der Waals surface area (Å²) in [7, 11) is 0. The van der Waals surface area contributed by atoms with Gasteiger partial charge in [0.15, 0.2) is 11.5 Å². The molecule has 0 saturated carbocycles. The fourth-order valence-electron chi connectivity index (χ4n) is 4.75. The third-order valence-corrected chi connectivity index (χ3v) is 6.46. The minimum Gasteiger partial charge on any atom is -0.492 e. The van der Waals surface area contributed by atoms with Crippen molar-refractivity contribution in [1.29, 1.82) is 0 Å². The second-order valence-corrected chi connectivity index (χ2v) is 8.56. The van der Waals surface area contributed by atoms with E-state index in [1.54, 1.807) is 0 Å². The first-order valence-corrected chi connectivity index (χ1v) is 12.0. The van der Waals surface area contributed by atoms with Crippen LogP contribution < -0.4 is 14.2 Å². The molecule has 1 saturated heterocycles. The summed E-state index contributed by atoms with van der Waals surface area (Å²) >= 11 is 0. The van der Waals surface area contributed by atoms with Crippen LogP contribution in [0.4, 0.5) is 0 Å². The van der Waals surface area contributed by atoms with Gasteiger partial charge in [0, 0.05) is 6.54 Å². The normalized spacial score (nSPS) is 16.0. The van der Waals surface area contributed by atoms with Crippen LogP contribution in [0.5, 0.6) is 17.2 Å². The molecule has 0 aliphatic carbocycles. The van der Waals surface area contributed by atoms with Crippen LogP contribution in [0.15, 0.2) is 72.8 Å². The van der Waals surface area contributed by atoms with Crippen LogP contribution in [-0.2, 0) is 0 Å². The maximum atomic E-state index is 6.04. The first kappa shape index (κ1) is 21.6. The fourth-order valence-corrected chi connectivity index (χ4v) is 4.75. The molecule has 0 unspecified atom stereocenters. The monoisotopic (exact) mass is 441 g/mol. The van der Waals surface area contributed by atoms with Crippen LogP contribution in [0.1, 0.15) is 42.9 Å². The largest absolute Gasteiger partial charge is 0.492 e. The van der Waals surface area contributed by atoms with Crippen LogP contribution in [0, 0.1) is 0 Å². The van der Waals surface area contributed by atoms with Gasteiger partial charge in [0.25, 0.3) is 0 Å². The molecule has 0 atom stereocenters. The number of nitrogens with zero attached hydrogens (tertiary/aromatic N) is 1. The van der Waals surface area contributed by atoms with Gasteiger partial charge in [0.2, 0.25) is 6.79 Å². The summed E-state index contributed by atoms with van der Waals surface area (Å²) in [5.74, 6) is 2.55. The Morgan fingerprint density at radius 1 is 0.818 bits per heavy atom. The number of likely N-dealkylation sites (tertiary alicyclic amines) is 1. The zero-order chi connectivity index (χ0) is 22.5. The Morgan fingerprint density at radius 2 is 1.52 bits per heavy atom. The number of benzene rings is 3. The molecule has 2 aliphatic heterocycles. The van der Waals surface area contributed by atoms with E-state index in [0.29, 0.717) is 0 Å². The van der Waals surface area contributed by atoms with E-state index < -0.39 is 0 Å². The Hall–Kier alpha value is -3.24. The number of fused-ring (bicyclic) bond motifs is 1. The Bertz CT molecular complexity index is 1100. The molecule has 0 bridgehead atoms. The van der Waals surface area contributed by atoms with Crippen molar-refractivity contribution in [3.8, 4) is 17.2 Å². The summed E-state index contributed by atoms with van der Waals surface area (Å²) in [6.07, 6.45) is 3.52. The van der Waals surface area contributed by atoms with Gasteiger partial charge in [-0.25, -0.2) is 0 Å². The number of hydrogen-bond donors (Lipinski definition) is 0. The molecule has 170 valence electrons. The maximum absolute atomic E-state index is 6.04. The Morgan fingerprint density at radius 3 is 2.27 bits per heavy atom. The molecule has 33 heavy (non-hydrogen) atoms. The van der Waals surface area contributed by atoms with Crippen LogP contribution in [0.25, 0.3) is 11.1 Å². The van der Waals surface area contributed by atoms with Gasteiger partial charge in [-0.3, -0.25) is 4.90 Å². The van der Waals surface area contributed by atoms with E-state index >= 15 is 0 Å². The summed E-state index contributed by atoms with van der Waals surface area (Å²) in [5.41, 5.74) is 6.06. The van der Waals surface area contributed by atoms with Gasteiger partial charge < -0.3 is 14.2 Å². The third-order valence-electron chi connectivity index (χ3n) is 6.46. The molecular formula is C29H31NO3. The lowest BCUT2D eigenvalue weighted by atomic mass is 9.88. The predicted molar refractivity (Wildman–Crippen MR) is 133 cm³/mol. The molecule has 5 rings (SSSR count). The minimum absolute atomic E-state index is 0.286. The van der Waals surface area contributed by atoms with Crippen molar-refractivity contribution in [3.63, 3.8) is 0 Å². The Labute approximate surface area is 196 Å². The van der Waals surface area contributed by atoms with Crippen LogP contribution >= 0.6 is 0 Å². The smallest absolute Gasteiger partial charge is 0.231 e. The second-order valence-electron chi connectivity index (χ2n) is 8.56. The van der Waals surface area contributed by atoms with Crippen molar-refractivity contribution in [2.45, 2.75) is 26.2 Å². The predicted octanol–water partition coefficient (Wildman–Crippen LogP) is 6.26. The number of rotatable bonds is 8. The first-order chi connectivity index (χ1) is 16.3. The molecule has 0 spiro atoms. The van der Waals surface area contributed by atoms with Crippen LogP contribution in [0.3, 0.4) is 0 Å². The average molecular weight is 442 g/mol. The van der Waals surface area contributed by atoms with E-state index in [9.17, 15) is 0 Å². The summed E-state index contributed by atoms with van der Waals surface area (Å²) in [6.45, 7) is 6.63. The van der Waals surface area contributed by atoms with E-state index in [1.807, 2.05) is 6.07 Å². The van der Waals surface area contributed by atoms with Crippen molar-refractivity contribution in [1.82, 2.24) is 4.90 Å². The lowest BCUT2D eigenvalue weighted by Crippen LogP contribution is -2.25. The van der Waals surface area contributed by atoms with Crippen molar-refractivity contribution in [2.75, 3.05) is 33.0 Å². The lowest BCUT2D eigenvalue weighted by molar-refractivity contribution is 0.174. The topological polar surface area (TPSA) is 30.9 Å².